The molecule has 1 amide bonds. The number of piperidine rings is 1. The molecule has 0 bridgehead atoms. The predicted molar refractivity (Wildman–Crippen MR) is 94.9 cm³/mol. The summed E-state index contributed by atoms with van der Waals surface area (Å²) in [4.78, 5) is 23.4. The number of hydrogen-bond acceptors (Lipinski definition) is 4. The summed E-state index contributed by atoms with van der Waals surface area (Å²) in [5.74, 6) is 0.967. The predicted octanol–water partition coefficient (Wildman–Crippen LogP) is 2.94. The molecule has 2 aromatic rings. The van der Waals surface area contributed by atoms with Crippen LogP contribution in [0, 0.1) is 0 Å². The molecule has 0 radical (unpaired) electrons. The maximum Gasteiger partial charge on any atom is 0.222 e. The van der Waals surface area contributed by atoms with Gasteiger partial charge in [-0.2, -0.15) is 0 Å². The van der Waals surface area contributed by atoms with E-state index in [1.165, 1.54) is 5.56 Å². The van der Waals surface area contributed by atoms with Crippen LogP contribution in [0.1, 0.15) is 37.4 Å². The Morgan fingerprint density at radius 2 is 2.00 bits per heavy atom. The van der Waals surface area contributed by atoms with Crippen LogP contribution in [0.4, 0.5) is 0 Å². The number of nitrogens with zero attached hydrogens (tertiary/aromatic N) is 3. The molecule has 0 unspecified atom stereocenters. The van der Waals surface area contributed by atoms with Gasteiger partial charge in [-0.3, -0.25) is 4.79 Å². The number of aromatic nitrogens is 2. The molecule has 0 atom stereocenters. The summed E-state index contributed by atoms with van der Waals surface area (Å²) >= 11 is 0. The van der Waals surface area contributed by atoms with Crippen molar-refractivity contribution in [1.82, 2.24) is 14.9 Å². The molecule has 1 saturated heterocycles. The highest BCUT2D eigenvalue weighted by Crippen LogP contribution is 2.40. The Morgan fingerprint density at radius 1 is 1.24 bits per heavy atom. The Kier molecular flexibility index (Phi) is 4.25. The van der Waals surface area contributed by atoms with Crippen LogP contribution in [0.5, 0.6) is 0 Å². The first kappa shape index (κ1) is 16.2. The first-order chi connectivity index (χ1) is 12.2. The van der Waals surface area contributed by atoms with Crippen LogP contribution in [-0.2, 0) is 21.6 Å². The lowest BCUT2D eigenvalue weighted by atomic mass is 9.83. The van der Waals surface area contributed by atoms with Gasteiger partial charge in [0, 0.05) is 31.3 Å². The van der Waals surface area contributed by atoms with Crippen LogP contribution in [0.25, 0.3) is 11.4 Å². The van der Waals surface area contributed by atoms with Crippen molar-refractivity contribution < 1.29 is 9.53 Å². The molecule has 1 aromatic heterocycles. The Labute approximate surface area is 148 Å². The van der Waals surface area contributed by atoms with E-state index in [-0.39, 0.29) is 11.5 Å². The van der Waals surface area contributed by atoms with Crippen LogP contribution in [0.2, 0.25) is 0 Å². The number of rotatable bonds is 2. The topological polar surface area (TPSA) is 55.3 Å². The van der Waals surface area contributed by atoms with Gasteiger partial charge in [-0.15, -0.1) is 0 Å². The van der Waals surface area contributed by atoms with Crippen molar-refractivity contribution >= 4 is 5.91 Å². The van der Waals surface area contributed by atoms with E-state index in [0.29, 0.717) is 13.0 Å². The molecule has 1 spiro atoms. The average Bonchev–Trinajstić information content (AvgIpc) is 2.69. The molecule has 5 heteroatoms. The van der Waals surface area contributed by atoms with Crippen molar-refractivity contribution in [3.63, 3.8) is 0 Å². The highest BCUT2D eigenvalue weighted by atomic mass is 16.5. The van der Waals surface area contributed by atoms with Crippen molar-refractivity contribution in [1.29, 1.82) is 0 Å². The number of amides is 1. The number of likely N-dealkylation sites (tertiary alicyclic amines) is 1. The van der Waals surface area contributed by atoms with Crippen molar-refractivity contribution in [2.45, 2.75) is 38.2 Å². The lowest BCUT2D eigenvalue weighted by molar-refractivity contribution is -0.140. The van der Waals surface area contributed by atoms with E-state index in [9.17, 15) is 4.79 Å². The van der Waals surface area contributed by atoms with E-state index >= 15 is 0 Å². The summed E-state index contributed by atoms with van der Waals surface area (Å²) in [5, 5.41) is 0. The zero-order valence-electron chi connectivity index (χ0n) is 14.6. The second-order valence-corrected chi connectivity index (χ2v) is 6.76. The van der Waals surface area contributed by atoms with Gasteiger partial charge in [0.15, 0.2) is 5.82 Å². The van der Waals surface area contributed by atoms with Gasteiger partial charge in [-0.1, -0.05) is 37.3 Å². The standard InChI is InChI=1S/C20H23N3O2/c1-2-17(24)23-11-9-20(10-12-23)18-16(8-13-25-20)14-21-19(22-18)15-6-4-3-5-7-15/h3-7,14H,2,8-13H2,1H3. The molecular formula is C20H23N3O2. The fourth-order valence-electron chi connectivity index (χ4n) is 3.86. The maximum absolute atomic E-state index is 12.0. The van der Waals surface area contributed by atoms with E-state index in [4.69, 9.17) is 9.72 Å². The summed E-state index contributed by atoms with van der Waals surface area (Å²) in [5.41, 5.74) is 2.85. The third-order valence-electron chi connectivity index (χ3n) is 5.30. The molecule has 1 aromatic carbocycles. The number of fused-ring (bicyclic) bond motifs is 2. The summed E-state index contributed by atoms with van der Waals surface area (Å²) in [7, 11) is 0. The monoisotopic (exact) mass is 337 g/mol. The van der Waals surface area contributed by atoms with Gasteiger partial charge in [0.25, 0.3) is 0 Å². The normalized spacial score (nSPS) is 18.8. The number of ether oxygens (including phenoxy) is 1. The molecule has 4 rings (SSSR count). The molecule has 130 valence electrons. The quantitative estimate of drug-likeness (QED) is 0.845. The zero-order chi connectivity index (χ0) is 17.3. The van der Waals surface area contributed by atoms with Gasteiger partial charge in [-0.05, 0) is 24.8 Å². The number of carbonyl (C=O) groups excluding carboxylic acids is 1. The van der Waals surface area contributed by atoms with Crippen LogP contribution in [0.15, 0.2) is 36.5 Å². The highest BCUT2D eigenvalue weighted by Gasteiger charge is 2.43. The molecule has 2 aliphatic heterocycles. The van der Waals surface area contributed by atoms with Gasteiger partial charge >= 0.3 is 0 Å². The second-order valence-electron chi connectivity index (χ2n) is 6.76. The first-order valence-corrected chi connectivity index (χ1v) is 9.05. The molecule has 3 heterocycles. The molecule has 2 aliphatic rings. The van der Waals surface area contributed by atoms with E-state index in [1.807, 2.05) is 48.4 Å². The highest BCUT2D eigenvalue weighted by molar-refractivity contribution is 5.75. The minimum atomic E-state index is -0.370. The number of carbonyl (C=O) groups is 1. The Bertz CT molecular complexity index is 768. The number of benzene rings is 1. The molecular weight excluding hydrogens is 314 g/mol. The van der Waals surface area contributed by atoms with E-state index in [1.54, 1.807) is 0 Å². The van der Waals surface area contributed by atoms with Gasteiger partial charge in [0.05, 0.1) is 12.3 Å². The SMILES string of the molecule is CCC(=O)N1CCC2(CC1)OCCc1cnc(-c3ccccc3)nc12. The van der Waals surface area contributed by atoms with Gasteiger partial charge in [0.2, 0.25) is 5.91 Å². The summed E-state index contributed by atoms with van der Waals surface area (Å²) in [6, 6.07) is 10.0. The number of hydrogen-bond donors (Lipinski definition) is 0. The molecule has 0 saturated carbocycles. The minimum absolute atomic E-state index is 0.221. The molecule has 0 N–H and O–H groups in total. The molecule has 1 fully saturated rings. The third kappa shape index (κ3) is 2.93. The average molecular weight is 337 g/mol. The first-order valence-electron chi connectivity index (χ1n) is 9.05. The lowest BCUT2D eigenvalue weighted by Gasteiger charge is -2.44. The fraction of sp³-hybridized carbons (Fsp3) is 0.450. The van der Waals surface area contributed by atoms with Gasteiger partial charge < -0.3 is 9.64 Å². The van der Waals surface area contributed by atoms with Gasteiger partial charge in [0.1, 0.15) is 5.60 Å². The maximum atomic E-state index is 12.0. The Balaban J connectivity index is 1.66. The Hall–Kier alpha value is -2.27. The van der Waals surface area contributed by atoms with Gasteiger partial charge in [-0.25, -0.2) is 9.97 Å². The van der Waals surface area contributed by atoms with Crippen LogP contribution in [-0.4, -0.2) is 40.5 Å². The van der Waals surface area contributed by atoms with Crippen molar-refractivity contribution in [3.05, 3.63) is 47.8 Å². The van der Waals surface area contributed by atoms with E-state index in [2.05, 4.69) is 4.98 Å². The van der Waals surface area contributed by atoms with E-state index in [0.717, 1.165) is 49.4 Å². The lowest BCUT2D eigenvalue weighted by Crippen LogP contribution is -2.48. The molecule has 0 aliphatic carbocycles. The second kappa shape index (κ2) is 6.56. The van der Waals surface area contributed by atoms with Crippen molar-refractivity contribution in [2.24, 2.45) is 0 Å². The summed E-state index contributed by atoms with van der Waals surface area (Å²) in [6.07, 6.45) is 4.97. The largest absolute Gasteiger partial charge is 0.368 e. The molecule has 25 heavy (non-hydrogen) atoms. The van der Waals surface area contributed by atoms with Crippen molar-refractivity contribution in [3.8, 4) is 11.4 Å². The fourth-order valence-corrected chi connectivity index (χ4v) is 3.86. The molecule has 5 nitrogen and oxygen atoms in total. The summed E-state index contributed by atoms with van der Waals surface area (Å²) in [6.45, 7) is 4.08. The van der Waals surface area contributed by atoms with E-state index < -0.39 is 0 Å². The smallest absolute Gasteiger partial charge is 0.222 e. The zero-order valence-corrected chi connectivity index (χ0v) is 14.6. The van der Waals surface area contributed by atoms with Crippen LogP contribution in [0.3, 0.4) is 0 Å². The minimum Gasteiger partial charge on any atom is -0.368 e. The third-order valence-corrected chi connectivity index (χ3v) is 5.30. The van der Waals surface area contributed by atoms with Crippen LogP contribution >= 0.6 is 0 Å². The van der Waals surface area contributed by atoms with Crippen molar-refractivity contribution in [2.75, 3.05) is 19.7 Å². The van der Waals surface area contributed by atoms with Crippen LogP contribution < -0.4 is 0 Å². The summed E-state index contributed by atoms with van der Waals surface area (Å²) < 4.78 is 6.26. The Morgan fingerprint density at radius 3 is 2.72 bits per heavy atom.